The zero-order valence-corrected chi connectivity index (χ0v) is 12.9. The van der Waals surface area contributed by atoms with E-state index in [0.29, 0.717) is 12.1 Å². The number of nitrogens with one attached hydrogen (secondary N) is 1. The van der Waals surface area contributed by atoms with Crippen LogP contribution in [0.2, 0.25) is 0 Å². The van der Waals surface area contributed by atoms with Gasteiger partial charge in [-0.1, -0.05) is 19.3 Å². The topological polar surface area (TPSA) is 33.7 Å². The molecular formula is C16H30N2O2. The first kappa shape index (κ1) is 14.8. The van der Waals surface area contributed by atoms with Gasteiger partial charge in [0.25, 0.3) is 0 Å². The summed E-state index contributed by atoms with van der Waals surface area (Å²) < 4.78 is 12.0. The first-order valence-corrected chi connectivity index (χ1v) is 8.44. The summed E-state index contributed by atoms with van der Waals surface area (Å²) in [5, 5.41) is 3.42. The Morgan fingerprint density at radius 3 is 2.80 bits per heavy atom. The molecule has 1 aliphatic carbocycles. The molecule has 2 unspecified atom stereocenters. The maximum atomic E-state index is 6.21. The lowest BCUT2D eigenvalue weighted by molar-refractivity contribution is -0.125. The van der Waals surface area contributed by atoms with E-state index in [9.17, 15) is 0 Å². The first-order chi connectivity index (χ1) is 9.77. The monoisotopic (exact) mass is 282 g/mol. The number of nitrogens with zero attached hydrogens (tertiary/aromatic N) is 1. The lowest BCUT2D eigenvalue weighted by atomic mass is 9.78. The molecule has 4 heteroatoms. The summed E-state index contributed by atoms with van der Waals surface area (Å²) in [6, 6.07) is 0.673. The van der Waals surface area contributed by atoms with Crippen LogP contribution in [0.5, 0.6) is 0 Å². The fraction of sp³-hybridized carbons (Fsp3) is 1.00. The van der Waals surface area contributed by atoms with E-state index in [1.807, 2.05) is 0 Å². The molecule has 0 bridgehead atoms. The van der Waals surface area contributed by atoms with Gasteiger partial charge >= 0.3 is 0 Å². The van der Waals surface area contributed by atoms with E-state index in [1.165, 1.54) is 44.9 Å². The number of hydrogen-bond donors (Lipinski definition) is 1. The van der Waals surface area contributed by atoms with Gasteiger partial charge in [-0.2, -0.15) is 0 Å². The van der Waals surface area contributed by atoms with Crippen LogP contribution in [0.4, 0.5) is 0 Å². The van der Waals surface area contributed by atoms with Crippen molar-refractivity contribution in [1.82, 2.24) is 10.2 Å². The molecular weight excluding hydrogens is 252 g/mol. The highest BCUT2D eigenvalue weighted by Gasteiger charge is 2.39. The minimum Gasteiger partial charge on any atom is -0.375 e. The Hall–Kier alpha value is -0.160. The molecule has 0 amide bonds. The smallest absolute Gasteiger partial charge is 0.0826 e. The third kappa shape index (κ3) is 3.53. The molecule has 0 aromatic carbocycles. The fourth-order valence-electron chi connectivity index (χ4n) is 4.13. The molecule has 2 heterocycles. The van der Waals surface area contributed by atoms with Crippen LogP contribution >= 0.6 is 0 Å². The second-order valence-electron chi connectivity index (χ2n) is 6.88. The van der Waals surface area contributed by atoms with E-state index in [2.05, 4.69) is 17.3 Å². The molecule has 116 valence electrons. The highest BCUT2D eigenvalue weighted by atomic mass is 16.5. The van der Waals surface area contributed by atoms with Gasteiger partial charge in [0.2, 0.25) is 0 Å². The molecule has 3 aliphatic rings. The van der Waals surface area contributed by atoms with Crippen LogP contribution < -0.4 is 5.32 Å². The maximum Gasteiger partial charge on any atom is 0.0826 e. The van der Waals surface area contributed by atoms with Crippen LogP contribution in [0, 0.1) is 0 Å². The molecule has 4 nitrogen and oxygen atoms in total. The Bertz CT molecular complexity index is 293. The largest absolute Gasteiger partial charge is 0.375 e. The summed E-state index contributed by atoms with van der Waals surface area (Å²) >= 11 is 0. The van der Waals surface area contributed by atoms with Crippen molar-refractivity contribution < 1.29 is 9.47 Å². The standard InChI is InChI=1S/C16H30N2O2/c1-18(13-15-12-17-8-10-19-15)14-5-9-20-16(11-14)6-3-2-4-7-16/h14-15,17H,2-13H2,1H3. The van der Waals surface area contributed by atoms with Gasteiger partial charge < -0.3 is 19.7 Å². The predicted octanol–water partition coefficient (Wildman–Crippen LogP) is 1.79. The summed E-state index contributed by atoms with van der Waals surface area (Å²) in [5.41, 5.74) is 0.209. The van der Waals surface area contributed by atoms with Gasteiger partial charge in [0.05, 0.1) is 18.3 Å². The van der Waals surface area contributed by atoms with Crippen LogP contribution in [0.15, 0.2) is 0 Å². The van der Waals surface area contributed by atoms with Gasteiger partial charge in [-0.3, -0.25) is 0 Å². The molecule has 1 N–H and O–H groups in total. The van der Waals surface area contributed by atoms with Crippen molar-refractivity contribution in [1.29, 1.82) is 0 Å². The van der Waals surface area contributed by atoms with E-state index in [0.717, 1.165) is 32.8 Å². The fourth-order valence-corrected chi connectivity index (χ4v) is 4.13. The second kappa shape index (κ2) is 6.73. The van der Waals surface area contributed by atoms with Crippen molar-refractivity contribution in [2.24, 2.45) is 0 Å². The number of hydrogen-bond acceptors (Lipinski definition) is 4. The molecule has 2 aliphatic heterocycles. The molecule has 20 heavy (non-hydrogen) atoms. The van der Waals surface area contributed by atoms with E-state index < -0.39 is 0 Å². The zero-order chi connectivity index (χ0) is 13.8. The van der Waals surface area contributed by atoms with Gasteiger partial charge in [-0.15, -0.1) is 0 Å². The van der Waals surface area contributed by atoms with Crippen molar-refractivity contribution in [2.75, 3.05) is 39.9 Å². The lowest BCUT2D eigenvalue weighted by Crippen LogP contribution is -2.52. The summed E-state index contributed by atoms with van der Waals surface area (Å²) in [6.45, 7) is 4.85. The molecule has 1 saturated carbocycles. The minimum absolute atomic E-state index is 0.209. The number of rotatable bonds is 3. The number of ether oxygens (including phenoxy) is 2. The third-order valence-electron chi connectivity index (χ3n) is 5.35. The highest BCUT2D eigenvalue weighted by Crippen LogP contribution is 2.39. The third-order valence-corrected chi connectivity index (χ3v) is 5.35. The van der Waals surface area contributed by atoms with Crippen LogP contribution in [-0.4, -0.2) is 62.5 Å². The van der Waals surface area contributed by atoms with Crippen molar-refractivity contribution in [3.8, 4) is 0 Å². The van der Waals surface area contributed by atoms with Gasteiger partial charge in [0, 0.05) is 32.3 Å². The van der Waals surface area contributed by atoms with Crippen LogP contribution in [-0.2, 0) is 9.47 Å². The van der Waals surface area contributed by atoms with Crippen molar-refractivity contribution in [3.63, 3.8) is 0 Å². The van der Waals surface area contributed by atoms with E-state index >= 15 is 0 Å². The Balaban J connectivity index is 1.52. The summed E-state index contributed by atoms with van der Waals surface area (Å²) in [6.07, 6.45) is 9.42. The average Bonchev–Trinajstić information content (AvgIpc) is 2.49. The van der Waals surface area contributed by atoms with Gasteiger partial charge in [-0.05, 0) is 32.7 Å². The Kier molecular flexibility index (Phi) is 4.97. The van der Waals surface area contributed by atoms with Gasteiger partial charge in [0.15, 0.2) is 0 Å². The van der Waals surface area contributed by atoms with Crippen LogP contribution in [0.1, 0.15) is 44.9 Å². The van der Waals surface area contributed by atoms with Crippen molar-refractivity contribution in [3.05, 3.63) is 0 Å². The number of likely N-dealkylation sites (N-methyl/N-ethyl adjacent to an activating group) is 1. The predicted molar refractivity (Wildman–Crippen MR) is 80.0 cm³/mol. The SMILES string of the molecule is CN(CC1CNCCO1)C1CCOC2(CCCCC2)C1. The molecule has 0 aromatic heterocycles. The minimum atomic E-state index is 0.209. The van der Waals surface area contributed by atoms with Crippen LogP contribution in [0.25, 0.3) is 0 Å². The van der Waals surface area contributed by atoms with Crippen molar-refractivity contribution >= 4 is 0 Å². The summed E-state index contributed by atoms with van der Waals surface area (Å²) in [4.78, 5) is 2.52. The zero-order valence-electron chi connectivity index (χ0n) is 12.9. The van der Waals surface area contributed by atoms with E-state index in [-0.39, 0.29) is 5.60 Å². The molecule has 3 fully saturated rings. The second-order valence-corrected chi connectivity index (χ2v) is 6.88. The van der Waals surface area contributed by atoms with Crippen LogP contribution in [0.3, 0.4) is 0 Å². The molecule has 3 rings (SSSR count). The normalized spacial score (nSPS) is 34.5. The quantitative estimate of drug-likeness (QED) is 0.856. The Labute approximate surface area is 123 Å². The Morgan fingerprint density at radius 1 is 1.20 bits per heavy atom. The molecule has 0 radical (unpaired) electrons. The van der Waals surface area contributed by atoms with Gasteiger partial charge in [-0.25, -0.2) is 0 Å². The van der Waals surface area contributed by atoms with E-state index in [1.54, 1.807) is 0 Å². The molecule has 2 saturated heterocycles. The van der Waals surface area contributed by atoms with Crippen molar-refractivity contribution in [2.45, 2.75) is 62.7 Å². The van der Waals surface area contributed by atoms with Gasteiger partial charge in [0.1, 0.15) is 0 Å². The maximum absolute atomic E-state index is 6.21. The lowest BCUT2D eigenvalue weighted by Gasteiger charge is -2.46. The summed E-state index contributed by atoms with van der Waals surface area (Å²) in [5.74, 6) is 0. The first-order valence-electron chi connectivity index (χ1n) is 8.44. The Morgan fingerprint density at radius 2 is 2.05 bits per heavy atom. The molecule has 0 aromatic rings. The highest BCUT2D eigenvalue weighted by molar-refractivity contribution is 4.92. The molecule has 2 atom stereocenters. The van der Waals surface area contributed by atoms with E-state index in [4.69, 9.17) is 9.47 Å². The number of morpholine rings is 1. The molecule has 1 spiro atoms. The summed E-state index contributed by atoms with van der Waals surface area (Å²) in [7, 11) is 2.27. The average molecular weight is 282 g/mol.